The fourth-order valence-electron chi connectivity index (χ4n) is 3.45. The number of nitrogens with zero attached hydrogens (tertiary/aromatic N) is 1. The van der Waals surface area contributed by atoms with Gasteiger partial charge in [0.1, 0.15) is 16.8 Å². The summed E-state index contributed by atoms with van der Waals surface area (Å²) in [7, 11) is 1.64. The van der Waals surface area contributed by atoms with E-state index in [1.807, 2.05) is 24.3 Å². The van der Waals surface area contributed by atoms with E-state index in [2.05, 4.69) is 18.3 Å². The van der Waals surface area contributed by atoms with E-state index in [1.54, 1.807) is 18.4 Å². The van der Waals surface area contributed by atoms with Crippen LogP contribution in [0.5, 0.6) is 5.75 Å². The van der Waals surface area contributed by atoms with Gasteiger partial charge in [0.25, 0.3) is 0 Å². The van der Waals surface area contributed by atoms with Gasteiger partial charge >= 0.3 is 0 Å². The first kappa shape index (κ1) is 18.5. The Morgan fingerprint density at radius 3 is 2.81 bits per heavy atom. The molecule has 1 aromatic carbocycles. The van der Waals surface area contributed by atoms with Crippen LogP contribution < -0.4 is 10.1 Å². The van der Waals surface area contributed by atoms with Crippen LogP contribution in [-0.2, 0) is 24.1 Å². The van der Waals surface area contributed by atoms with E-state index < -0.39 is 0 Å². The van der Waals surface area contributed by atoms with Crippen LogP contribution >= 0.6 is 11.3 Å². The number of benzene rings is 1. The molecule has 1 N–H and O–H groups in total. The van der Waals surface area contributed by atoms with Gasteiger partial charge in [-0.1, -0.05) is 25.5 Å². The summed E-state index contributed by atoms with van der Waals surface area (Å²) in [5.41, 5.74) is 2.93. The molecule has 1 aliphatic rings. The maximum absolute atomic E-state index is 12.4. The fraction of sp³-hybridized carbons (Fsp3) is 0.429. The molecule has 26 heavy (non-hydrogen) atoms. The lowest BCUT2D eigenvalue weighted by molar-refractivity contribution is -0.116. The van der Waals surface area contributed by atoms with Crippen molar-refractivity contribution in [3.63, 3.8) is 0 Å². The summed E-state index contributed by atoms with van der Waals surface area (Å²) in [5.74, 6) is 1.47. The molecule has 3 rings (SSSR count). The normalized spacial score (nSPS) is 15.8. The topological polar surface area (TPSA) is 62.1 Å². The Balaban J connectivity index is 1.64. The first-order chi connectivity index (χ1) is 12.6. The molecule has 136 valence electrons. The summed E-state index contributed by atoms with van der Waals surface area (Å²) in [5, 5.41) is 13.3. The van der Waals surface area contributed by atoms with Crippen LogP contribution in [0.1, 0.15) is 47.8 Å². The molecule has 0 spiro atoms. The Morgan fingerprint density at radius 1 is 1.38 bits per heavy atom. The molecule has 1 aliphatic carbocycles. The summed E-state index contributed by atoms with van der Waals surface area (Å²) >= 11 is 1.59. The van der Waals surface area contributed by atoms with Gasteiger partial charge in [-0.25, -0.2) is 0 Å². The number of hydrogen-bond donors (Lipinski definition) is 1. The Labute approximate surface area is 158 Å². The third kappa shape index (κ3) is 4.08. The molecule has 2 aromatic rings. The third-order valence-electron chi connectivity index (χ3n) is 5.11. The molecule has 5 heteroatoms. The first-order valence-electron chi connectivity index (χ1n) is 9.12. The number of carbonyl (C=O) groups is 1. The predicted octanol–water partition coefficient (Wildman–Crippen LogP) is 4.71. The highest BCUT2D eigenvalue weighted by Crippen LogP contribution is 2.40. The molecular formula is C21H24N2O2S. The molecule has 1 unspecified atom stereocenters. The van der Waals surface area contributed by atoms with Gasteiger partial charge in [-0.3, -0.25) is 4.79 Å². The monoisotopic (exact) mass is 368 g/mol. The molecule has 0 radical (unpaired) electrons. The lowest BCUT2D eigenvalue weighted by Crippen LogP contribution is -2.13. The zero-order valence-corrected chi connectivity index (χ0v) is 16.1. The second-order valence-electron chi connectivity index (χ2n) is 6.73. The minimum absolute atomic E-state index is 0.0389. The second-order valence-corrected chi connectivity index (χ2v) is 7.84. The number of carbonyl (C=O) groups excluding carboxylic acids is 1. The van der Waals surface area contributed by atoms with Gasteiger partial charge in [0, 0.05) is 11.3 Å². The highest BCUT2D eigenvalue weighted by atomic mass is 32.1. The van der Waals surface area contributed by atoms with Gasteiger partial charge in [0.15, 0.2) is 0 Å². The molecule has 4 nitrogen and oxygen atoms in total. The van der Waals surface area contributed by atoms with Crippen molar-refractivity contribution in [3.8, 4) is 11.8 Å². The number of aryl methyl sites for hydroxylation is 1. The van der Waals surface area contributed by atoms with E-state index >= 15 is 0 Å². The number of ether oxygens (including phenoxy) is 1. The fourth-order valence-corrected chi connectivity index (χ4v) is 4.78. The zero-order chi connectivity index (χ0) is 18.5. The van der Waals surface area contributed by atoms with Crippen LogP contribution in [0.4, 0.5) is 5.00 Å². The van der Waals surface area contributed by atoms with Gasteiger partial charge in [-0.2, -0.15) is 5.26 Å². The van der Waals surface area contributed by atoms with Crippen molar-refractivity contribution in [2.24, 2.45) is 5.92 Å². The lowest BCUT2D eigenvalue weighted by Gasteiger charge is -2.20. The maximum atomic E-state index is 12.4. The molecule has 1 heterocycles. The summed E-state index contributed by atoms with van der Waals surface area (Å²) < 4.78 is 5.15. The number of nitrogens with one attached hydrogen (secondary N) is 1. The highest BCUT2D eigenvalue weighted by Gasteiger charge is 2.25. The number of nitriles is 1. The average molecular weight is 369 g/mol. The van der Waals surface area contributed by atoms with Crippen LogP contribution in [-0.4, -0.2) is 13.0 Å². The van der Waals surface area contributed by atoms with Crippen LogP contribution in [0.25, 0.3) is 0 Å². The largest absolute Gasteiger partial charge is 0.497 e. The average Bonchev–Trinajstić information content (AvgIpc) is 3.02. The Kier molecular flexibility index (Phi) is 5.95. The van der Waals surface area contributed by atoms with E-state index in [9.17, 15) is 10.1 Å². The lowest BCUT2D eigenvalue weighted by atomic mass is 9.86. The van der Waals surface area contributed by atoms with E-state index in [0.717, 1.165) is 41.1 Å². The molecule has 0 fully saturated rings. The van der Waals surface area contributed by atoms with Crippen LogP contribution in [0.2, 0.25) is 0 Å². The highest BCUT2D eigenvalue weighted by molar-refractivity contribution is 7.16. The first-order valence-corrected chi connectivity index (χ1v) is 9.93. The number of thiophene rings is 1. The summed E-state index contributed by atoms with van der Waals surface area (Å²) in [4.78, 5) is 13.7. The van der Waals surface area contributed by atoms with Gasteiger partial charge in [-0.15, -0.1) is 11.3 Å². The number of amides is 1. The van der Waals surface area contributed by atoms with Crippen LogP contribution in [0, 0.1) is 17.2 Å². The Hall–Kier alpha value is -2.32. The van der Waals surface area contributed by atoms with E-state index in [4.69, 9.17) is 4.74 Å². The van der Waals surface area contributed by atoms with Gasteiger partial charge in [0.05, 0.1) is 12.7 Å². The Morgan fingerprint density at radius 2 is 2.15 bits per heavy atom. The minimum Gasteiger partial charge on any atom is -0.497 e. The molecular weight excluding hydrogens is 344 g/mol. The number of anilines is 1. The predicted molar refractivity (Wildman–Crippen MR) is 105 cm³/mol. The van der Waals surface area contributed by atoms with Gasteiger partial charge < -0.3 is 10.1 Å². The zero-order valence-electron chi connectivity index (χ0n) is 15.3. The molecule has 1 amide bonds. The minimum atomic E-state index is -0.0389. The van der Waals surface area contributed by atoms with Crippen molar-refractivity contribution in [2.75, 3.05) is 12.4 Å². The SMILES string of the molecule is CCC1CCc2c(sc(NC(=O)CCc3ccc(OC)cc3)c2C#N)C1. The van der Waals surface area contributed by atoms with Crippen molar-refractivity contribution >= 4 is 22.2 Å². The second kappa shape index (κ2) is 8.37. The van der Waals surface area contributed by atoms with Crippen molar-refractivity contribution in [1.82, 2.24) is 0 Å². The number of rotatable bonds is 6. The quantitative estimate of drug-likeness (QED) is 0.803. The van der Waals surface area contributed by atoms with Crippen molar-refractivity contribution < 1.29 is 9.53 Å². The molecule has 0 saturated carbocycles. The van der Waals surface area contributed by atoms with Crippen LogP contribution in [0.15, 0.2) is 24.3 Å². The summed E-state index contributed by atoms with van der Waals surface area (Å²) in [6.45, 7) is 2.22. The smallest absolute Gasteiger partial charge is 0.225 e. The van der Waals surface area contributed by atoms with Crippen molar-refractivity contribution in [3.05, 3.63) is 45.8 Å². The maximum Gasteiger partial charge on any atom is 0.225 e. The molecule has 0 aliphatic heterocycles. The van der Waals surface area contributed by atoms with E-state index in [-0.39, 0.29) is 5.91 Å². The molecule has 0 saturated heterocycles. The van der Waals surface area contributed by atoms with Crippen molar-refractivity contribution in [1.29, 1.82) is 5.26 Å². The van der Waals surface area contributed by atoms with Crippen LogP contribution in [0.3, 0.4) is 0 Å². The summed E-state index contributed by atoms with van der Waals surface area (Å²) in [6.07, 6.45) is 5.36. The van der Waals surface area contributed by atoms with E-state index in [1.165, 1.54) is 11.3 Å². The number of fused-ring (bicyclic) bond motifs is 1. The Bertz CT molecular complexity index is 818. The van der Waals surface area contributed by atoms with Crippen molar-refractivity contribution in [2.45, 2.75) is 45.4 Å². The molecule has 1 atom stereocenters. The molecule has 1 aromatic heterocycles. The van der Waals surface area contributed by atoms with Gasteiger partial charge in [0.2, 0.25) is 5.91 Å². The number of methoxy groups -OCH3 is 1. The molecule has 0 bridgehead atoms. The summed E-state index contributed by atoms with van der Waals surface area (Å²) in [6, 6.07) is 10.1. The number of hydrogen-bond acceptors (Lipinski definition) is 4. The van der Waals surface area contributed by atoms with Gasteiger partial charge in [-0.05, 0) is 54.9 Å². The standard InChI is InChI=1S/C21H24N2O2S/c1-3-14-6-10-17-18(13-22)21(26-19(17)12-14)23-20(24)11-7-15-4-8-16(25-2)9-5-15/h4-5,8-9,14H,3,6-7,10-12H2,1-2H3,(H,23,24). The van der Waals surface area contributed by atoms with E-state index in [0.29, 0.717) is 24.3 Å². The third-order valence-corrected chi connectivity index (χ3v) is 6.28.